The topological polar surface area (TPSA) is 89.1 Å². The maximum Gasteiger partial charge on any atom is 0.292 e. The highest BCUT2D eigenvalue weighted by atomic mass is 19.1. The maximum absolute atomic E-state index is 14.0. The average Bonchev–Trinajstić information content (AvgIpc) is 3.47. The molecule has 1 amide bonds. The van der Waals surface area contributed by atoms with Crippen LogP contribution in [0.5, 0.6) is 0 Å². The molecule has 8 nitrogen and oxygen atoms in total. The molecule has 0 bridgehead atoms. The summed E-state index contributed by atoms with van der Waals surface area (Å²) in [5, 5.41) is 16.1. The molecule has 2 aliphatic heterocycles. The zero-order valence-electron chi connectivity index (χ0n) is 15.8. The number of aromatic nitrogens is 4. The molecule has 0 saturated carbocycles. The molecule has 1 fully saturated rings. The van der Waals surface area contributed by atoms with Gasteiger partial charge in [-0.2, -0.15) is 0 Å². The van der Waals surface area contributed by atoms with E-state index in [4.69, 9.17) is 4.52 Å². The molecule has 150 valence electrons. The molecule has 2 aliphatic rings. The lowest BCUT2D eigenvalue weighted by molar-refractivity contribution is 0.0716. The summed E-state index contributed by atoms with van der Waals surface area (Å²) in [4.78, 5) is 14.7. The molecule has 0 unspecified atom stereocenters. The molecule has 1 aromatic carbocycles. The van der Waals surface area contributed by atoms with Crippen LogP contribution in [0.25, 0.3) is 11.3 Å². The minimum atomic E-state index is -0.402. The normalized spacial score (nSPS) is 19.2. The summed E-state index contributed by atoms with van der Waals surface area (Å²) < 4.78 is 21.3. The summed E-state index contributed by atoms with van der Waals surface area (Å²) in [5.41, 5.74) is 0.624. The first kappa shape index (κ1) is 18.0. The van der Waals surface area contributed by atoms with E-state index in [0.29, 0.717) is 37.3 Å². The lowest BCUT2D eigenvalue weighted by atomic mass is 10.1. The molecule has 0 aliphatic carbocycles. The number of benzene rings is 1. The van der Waals surface area contributed by atoms with Gasteiger partial charge in [-0.15, -0.1) is 10.2 Å². The standard InChI is InChI=1S/C20H21FN6O2/c21-14-5-2-1-4-13(14)16-12-17(29-25-16)20(28)26-9-7-18-23-24-19(27(18)11-10-26)15-6-3-8-22-15/h1-2,4-5,12,15,22H,3,6-11H2/t15-/m1/s1. The second-order valence-electron chi connectivity index (χ2n) is 7.37. The predicted octanol–water partition coefficient (Wildman–Crippen LogP) is 2.20. The Balaban J connectivity index is 1.32. The molecule has 1 atom stereocenters. The third-order valence-corrected chi connectivity index (χ3v) is 5.58. The fourth-order valence-corrected chi connectivity index (χ4v) is 4.04. The number of nitrogens with one attached hydrogen (secondary N) is 1. The van der Waals surface area contributed by atoms with Crippen molar-refractivity contribution in [3.05, 3.63) is 53.6 Å². The number of hydrogen-bond donors (Lipinski definition) is 1. The second kappa shape index (κ2) is 7.40. The molecule has 0 radical (unpaired) electrons. The van der Waals surface area contributed by atoms with Gasteiger partial charge in [0.05, 0.1) is 6.04 Å². The smallest absolute Gasteiger partial charge is 0.292 e. The Labute approximate surface area is 166 Å². The zero-order valence-corrected chi connectivity index (χ0v) is 15.8. The molecule has 3 aromatic rings. The summed E-state index contributed by atoms with van der Waals surface area (Å²) in [6.45, 7) is 2.67. The Morgan fingerprint density at radius 3 is 2.93 bits per heavy atom. The Hall–Kier alpha value is -3.07. The van der Waals surface area contributed by atoms with Gasteiger partial charge >= 0.3 is 0 Å². The average molecular weight is 396 g/mol. The first-order valence-corrected chi connectivity index (χ1v) is 9.87. The minimum Gasteiger partial charge on any atom is -0.350 e. The van der Waals surface area contributed by atoms with Crippen molar-refractivity contribution in [1.82, 2.24) is 30.1 Å². The monoisotopic (exact) mass is 396 g/mol. The predicted molar refractivity (Wildman–Crippen MR) is 102 cm³/mol. The van der Waals surface area contributed by atoms with Crippen LogP contribution >= 0.6 is 0 Å². The van der Waals surface area contributed by atoms with Crippen molar-refractivity contribution < 1.29 is 13.7 Å². The van der Waals surface area contributed by atoms with Crippen LogP contribution in [0.15, 0.2) is 34.9 Å². The van der Waals surface area contributed by atoms with E-state index < -0.39 is 5.82 Å². The van der Waals surface area contributed by atoms with Crippen LogP contribution < -0.4 is 5.32 Å². The van der Waals surface area contributed by atoms with E-state index in [-0.39, 0.29) is 17.7 Å². The van der Waals surface area contributed by atoms with E-state index >= 15 is 0 Å². The third-order valence-electron chi connectivity index (χ3n) is 5.58. The second-order valence-corrected chi connectivity index (χ2v) is 7.37. The summed E-state index contributed by atoms with van der Waals surface area (Å²) in [7, 11) is 0. The van der Waals surface area contributed by atoms with Crippen LogP contribution in [-0.2, 0) is 13.0 Å². The van der Waals surface area contributed by atoms with Crippen LogP contribution in [0.2, 0.25) is 0 Å². The molecule has 5 rings (SSSR count). The van der Waals surface area contributed by atoms with Gasteiger partial charge in [0.25, 0.3) is 5.91 Å². The maximum atomic E-state index is 14.0. The number of rotatable bonds is 3. The van der Waals surface area contributed by atoms with E-state index in [1.54, 1.807) is 23.1 Å². The Morgan fingerprint density at radius 1 is 1.21 bits per heavy atom. The van der Waals surface area contributed by atoms with E-state index in [0.717, 1.165) is 31.0 Å². The molecule has 2 aromatic heterocycles. The number of nitrogens with zero attached hydrogens (tertiary/aromatic N) is 5. The van der Waals surface area contributed by atoms with Gasteiger partial charge in [-0.05, 0) is 31.5 Å². The number of carbonyl (C=O) groups is 1. The number of halogens is 1. The van der Waals surface area contributed by atoms with Crippen molar-refractivity contribution in [2.45, 2.75) is 31.8 Å². The van der Waals surface area contributed by atoms with Crippen molar-refractivity contribution in [1.29, 1.82) is 0 Å². The molecule has 29 heavy (non-hydrogen) atoms. The van der Waals surface area contributed by atoms with E-state index in [1.807, 2.05) is 0 Å². The van der Waals surface area contributed by atoms with Crippen LogP contribution in [-0.4, -0.2) is 50.4 Å². The van der Waals surface area contributed by atoms with Gasteiger partial charge in [-0.3, -0.25) is 4.79 Å². The third kappa shape index (κ3) is 3.31. The summed E-state index contributed by atoms with van der Waals surface area (Å²) >= 11 is 0. The number of carbonyl (C=O) groups excluding carboxylic acids is 1. The van der Waals surface area contributed by atoms with Crippen LogP contribution in [0.4, 0.5) is 4.39 Å². The quantitative estimate of drug-likeness (QED) is 0.730. The molecular formula is C20H21FN6O2. The highest BCUT2D eigenvalue weighted by Crippen LogP contribution is 2.25. The summed E-state index contributed by atoms with van der Waals surface area (Å²) in [6, 6.07) is 8.02. The lowest BCUT2D eigenvalue weighted by Crippen LogP contribution is -2.33. The first-order chi connectivity index (χ1) is 14.2. The van der Waals surface area contributed by atoms with E-state index in [1.165, 1.54) is 12.1 Å². The molecule has 1 N–H and O–H groups in total. The van der Waals surface area contributed by atoms with Crippen molar-refractivity contribution in [2.75, 3.05) is 19.6 Å². The fraction of sp³-hybridized carbons (Fsp3) is 0.400. The van der Waals surface area contributed by atoms with Crippen molar-refractivity contribution >= 4 is 5.91 Å². The Morgan fingerprint density at radius 2 is 2.10 bits per heavy atom. The lowest BCUT2D eigenvalue weighted by Gasteiger charge is -2.18. The van der Waals surface area contributed by atoms with Crippen LogP contribution in [0.1, 0.15) is 41.1 Å². The molecular weight excluding hydrogens is 375 g/mol. The highest BCUT2D eigenvalue weighted by molar-refractivity contribution is 5.92. The number of hydrogen-bond acceptors (Lipinski definition) is 6. The molecule has 1 saturated heterocycles. The minimum absolute atomic E-state index is 0.110. The van der Waals surface area contributed by atoms with E-state index in [2.05, 4.69) is 25.2 Å². The van der Waals surface area contributed by atoms with Crippen molar-refractivity contribution in [3.8, 4) is 11.3 Å². The highest BCUT2D eigenvalue weighted by Gasteiger charge is 2.28. The summed E-state index contributed by atoms with van der Waals surface area (Å²) in [6.07, 6.45) is 2.81. The van der Waals surface area contributed by atoms with Gasteiger partial charge in [-0.1, -0.05) is 17.3 Å². The molecule has 0 spiro atoms. The fourth-order valence-electron chi connectivity index (χ4n) is 4.04. The Bertz CT molecular complexity index is 1040. The zero-order chi connectivity index (χ0) is 19.8. The van der Waals surface area contributed by atoms with E-state index in [9.17, 15) is 9.18 Å². The first-order valence-electron chi connectivity index (χ1n) is 9.87. The van der Waals surface area contributed by atoms with Gasteiger partial charge in [0.1, 0.15) is 23.2 Å². The van der Waals surface area contributed by atoms with Crippen LogP contribution in [0, 0.1) is 5.82 Å². The number of fused-ring (bicyclic) bond motifs is 1. The largest absolute Gasteiger partial charge is 0.350 e. The van der Waals surface area contributed by atoms with Gasteiger partial charge in [0, 0.05) is 37.7 Å². The molecule has 9 heteroatoms. The molecule has 4 heterocycles. The van der Waals surface area contributed by atoms with Crippen molar-refractivity contribution in [3.63, 3.8) is 0 Å². The number of amides is 1. The van der Waals surface area contributed by atoms with Gasteiger partial charge < -0.3 is 19.3 Å². The Kier molecular flexibility index (Phi) is 4.59. The van der Waals surface area contributed by atoms with Crippen molar-refractivity contribution in [2.24, 2.45) is 0 Å². The SMILES string of the molecule is O=C(c1cc(-c2ccccc2F)no1)N1CCc2nnc([C@H]3CCCN3)n2CC1. The van der Waals surface area contributed by atoms with Gasteiger partial charge in [0.15, 0.2) is 0 Å². The van der Waals surface area contributed by atoms with Gasteiger partial charge in [-0.25, -0.2) is 4.39 Å². The summed E-state index contributed by atoms with van der Waals surface area (Å²) in [5.74, 6) is 1.31. The van der Waals surface area contributed by atoms with Gasteiger partial charge in [0.2, 0.25) is 5.76 Å². The van der Waals surface area contributed by atoms with Crippen LogP contribution in [0.3, 0.4) is 0 Å².